The molecule has 2 rings (SSSR count). The number of benzene rings is 1. The molecule has 1 aliphatic carbocycles. The minimum Gasteiger partial charge on any atom is -0.396 e. The molecule has 1 aromatic rings. The van der Waals surface area contributed by atoms with E-state index >= 15 is 0 Å². The van der Waals surface area contributed by atoms with Crippen LogP contribution >= 0.6 is 0 Å². The van der Waals surface area contributed by atoms with Gasteiger partial charge in [0.25, 0.3) is 0 Å². The van der Waals surface area contributed by atoms with E-state index in [1.807, 2.05) is 30.3 Å². The number of aliphatic hydroxyl groups excluding tert-OH is 1. The van der Waals surface area contributed by atoms with Crippen LogP contribution in [-0.4, -0.2) is 16.8 Å². The van der Waals surface area contributed by atoms with Crippen LogP contribution in [0, 0.1) is 5.92 Å². The standard InChI is InChI=1S/C13H18O2/c14-10-8-12-7-4-9-13(12,15)11-5-2-1-3-6-11/h1-3,5-6,12,14-15H,4,7-10H2. The smallest absolute Gasteiger partial charge is 0.0925 e. The number of aliphatic hydroxyl groups is 2. The van der Waals surface area contributed by atoms with E-state index in [0.717, 1.165) is 24.8 Å². The first-order valence-corrected chi connectivity index (χ1v) is 5.66. The summed E-state index contributed by atoms with van der Waals surface area (Å²) in [4.78, 5) is 0. The van der Waals surface area contributed by atoms with Gasteiger partial charge >= 0.3 is 0 Å². The molecule has 0 saturated heterocycles. The second-order valence-electron chi connectivity index (χ2n) is 4.39. The average molecular weight is 206 g/mol. The summed E-state index contributed by atoms with van der Waals surface area (Å²) in [6.07, 6.45) is 3.59. The van der Waals surface area contributed by atoms with Gasteiger partial charge in [0.2, 0.25) is 0 Å². The zero-order chi connectivity index (χ0) is 10.7. The fourth-order valence-electron chi connectivity index (χ4n) is 2.71. The predicted molar refractivity (Wildman–Crippen MR) is 59.4 cm³/mol. The van der Waals surface area contributed by atoms with E-state index in [1.54, 1.807) is 0 Å². The molecule has 2 heteroatoms. The predicted octanol–water partition coefficient (Wildman–Crippen LogP) is 2.06. The third-order valence-electron chi connectivity index (χ3n) is 3.54. The molecule has 1 aromatic carbocycles. The van der Waals surface area contributed by atoms with Gasteiger partial charge in [0.1, 0.15) is 0 Å². The Bertz CT molecular complexity index is 310. The Labute approximate surface area is 90.6 Å². The van der Waals surface area contributed by atoms with Gasteiger partial charge in [0.15, 0.2) is 0 Å². The first kappa shape index (κ1) is 10.7. The molecular weight excluding hydrogens is 188 g/mol. The Kier molecular flexibility index (Phi) is 3.08. The van der Waals surface area contributed by atoms with E-state index in [0.29, 0.717) is 6.42 Å². The molecule has 0 amide bonds. The SMILES string of the molecule is OCCC1CCCC1(O)c1ccccc1. The maximum atomic E-state index is 10.6. The maximum Gasteiger partial charge on any atom is 0.0925 e. The maximum absolute atomic E-state index is 10.6. The summed E-state index contributed by atoms with van der Waals surface area (Å²) in [5.74, 6) is 0.213. The van der Waals surface area contributed by atoms with Crippen LogP contribution in [0.1, 0.15) is 31.2 Å². The van der Waals surface area contributed by atoms with Crippen molar-refractivity contribution < 1.29 is 10.2 Å². The monoisotopic (exact) mass is 206 g/mol. The van der Waals surface area contributed by atoms with Gasteiger partial charge in [-0.2, -0.15) is 0 Å². The lowest BCUT2D eigenvalue weighted by Gasteiger charge is -2.30. The van der Waals surface area contributed by atoms with Crippen molar-refractivity contribution in [2.75, 3.05) is 6.61 Å². The summed E-state index contributed by atoms with van der Waals surface area (Å²) in [5, 5.41) is 19.6. The highest BCUT2D eigenvalue weighted by Gasteiger charge is 2.41. The lowest BCUT2D eigenvalue weighted by atomic mass is 9.82. The molecule has 0 radical (unpaired) electrons. The fourth-order valence-corrected chi connectivity index (χ4v) is 2.71. The Morgan fingerprint density at radius 2 is 2.00 bits per heavy atom. The normalized spacial score (nSPS) is 30.7. The van der Waals surface area contributed by atoms with Crippen molar-refractivity contribution in [2.24, 2.45) is 5.92 Å². The number of rotatable bonds is 3. The Hall–Kier alpha value is -0.860. The van der Waals surface area contributed by atoms with Gasteiger partial charge in [-0.05, 0) is 37.2 Å². The van der Waals surface area contributed by atoms with Crippen molar-refractivity contribution in [3.05, 3.63) is 35.9 Å². The molecule has 0 spiro atoms. The highest BCUT2D eigenvalue weighted by molar-refractivity contribution is 5.24. The van der Waals surface area contributed by atoms with E-state index < -0.39 is 5.60 Å². The van der Waals surface area contributed by atoms with Crippen molar-refractivity contribution in [3.8, 4) is 0 Å². The molecule has 0 aromatic heterocycles. The summed E-state index contributed by atoms with van der Waals surface area (Å²) in [7, 11) is 0. The average Bonchev–Trinajstić information content (AvgIpc) is 2.64. The third kappa shape index (κ3) is 1.92. The zero-order valence-electron chi connectivity index (χ0n) is 8.89. The summed E-state index contributed by atoms with van der Waals surface area (Å²) in [6.45, 7) is 0.166. The first-order valence-electron chi connectivity index (χ1n) is 5.66. The van der Waals surface area contributed by atoms with Crippen LogP contribution in [-0.2, 0) is 5.60 Å². The van der Waals surface area contributed by atoms with E-state index in [1.165, 1.54) is 0 Å². The van der Waals surface area contributed by atoms with Crippen LogP contribution in [0.25, 0.3) is 0 Å². The summed E-state index contributed by atoms with van der Waals surface area (Å²) >= 11 is 0. The quantitative estimate of drug-likeness (QED) is 0.794. The molecule has 0 bridgehead atoms. The molecule has 82 valence electrons. The van der Waals surface area contributed by atoms with Gasteiger partial charge in [0.05, 0.1) is 5.60 Å². The highest BCUT2D eigenvalue weighted by atomic mass is 16.3. The van der Waals surface area contributed by atoms with Gasteiger partial charge in [-0.15, -0.1) is 0 Å². The van der Waals surface area contributed by atoms with Crippen LogP contribution in [0.2, 0.25) is 0 Å². The minimum atomic E-state index is -0.704. The van der Waals surface area contributed by atoms with Crippen molar-refractivity contribution in [1.29, 1.82) is 0 Å². The largest absolute Gasteiger partial charge is 0.396 e. The lowest BCUT2D eigenvalue weighted by molar-refractivity contribution is -0.0111. The highest BCUT2D eigenvalue weighted by Crippen LogP contribution is 2.44. The molecule has 2 N–H and O–H groups in total. The van der Waals surface area contributed by atoms with Gasteiger partial charge < -0.3 is 10.2 Å². The van der Waals surface area contributed by atoms with E-state index in [2.05, 4.69) is 0 Å². The van der Waals surface area contributed by atoms with Gasteiger partial charge in [-0.1, -0.05) is 30.3 Å². The number of hydrogen-bond acceptors (Lipinski definition) is 2. The summed E-state index contributed by atoms with van der Waals surface area (Å²) in [5.41, 5.74) is 0.297. The second kappa shape index (κ2) is 4.33. The van der Waals surface area contributed by atoms with Crippen molar-refractivity contribution in [2.45, 2.75) is 31.3 Å². The van der Waals surface area contributed by atoms with E-state index in [4.69, 9.17) is 5.11 Å². The van der Waals surface area contributed by atoms with E-state index in [-0.39, 0.29) is 12.5 Å². The molecule has 15 heavy (non-hydrogen) atoms. The zero-order valence-corrected chi connectivity index (χ0v) is 8.89. The summed E-state index contributed by atoms with van der Waals surface area (Å²) < 4.78 is 0. The third-order valence-corrected chi connectivity index (χ3v) is 3.54. The lowest BCUT2D eigenvalue weighted by Crippen LogP contribution is -2.30. The van der Waals surface area contributed by atoms with Crippen molar-refractivity contribution in [3.63, 3.8) is 0 Å². The molecule has 2 atom stereocenters. The van der Waals surface area contributed by atoms with Crippen molar-refractivity contribution in [1.82, 2.24) is 0 Å². The Morgan fingerprint density at radius 1 is 1.27 bits per heavy atom. The second-order valence-corrected chi connectivity index (χ2v) is 4.39. The van der Waals surface area contributed by atoms with Crippen LogP contribution in [0.15, 0.2) is 30.3 Å². The minimum absolute atomic E-state index is 0.166. The van der Waals surface area contributed by atoms with Gasteiger partial charge in [-0.3, -0.25) is 0 Å². The van der Waals surface area contributed by atoms with Crippen LogP contribution in [0.3, 0.4) is 0 Å². The molecule has 1 aliphatic rings. The fraction of sp³-hybridized carbons (Fsp3) is 0.538. The molecule has 0 aliphatic heterocycles. The van der Waals surface area contributed by atoms with E-state index in [9.17, 15) is 5.11 Å². The first-order chi connectivity index (χ1) is 7.27. The molecular formula is C13H18O2. The molecule has 0 heterocycles. The van der Waals surface area contributed by atoms with Crippen LogP contribution < -0.4 is 0 Å². The van der Waals surface area contributed by atoms with Gasteiger partial charge in [0, 0.05) is 6.61 Å². The Morgan fingerprint density at radius 3 is 2.67 bits per heavy atom. The topological polar surface area (TPSA) is 40.5 Å². The van der Waals surface area contributed by atoms with Crippen LogP contribution in [0.5, 0.6) is 0 Å². The molecule has 2 nitrogen and oxygen atoms in total. The molecule has 1 fully saturated rings. The van der Waals surface area contributed by atoms with Gasteiger partial charge in [-0.25, -0.2) is 0 Å². The number of hydrogen-bond donors (Lipinski definition) is 2. The Balaban J connectivity index is 2.25. The molecule has 2 unspecified atom stereocenters. The van der Waals surface area contributed by atoms with Crippen LogP contribution in [0.4, 0.5) is 0 Å². The summed E-state index contributed by atoms with van der Waals surface area (Å²) in [6, 6.07) is 9.84. The van der Waals surface area contributed by atoms with Crippen molar-refractivity contribution >= 4 is 0 Å². The molecule has 1 saturated carbocycles.